The van der Waals surface area contributed by atoms with Gasteiger partial charge in [-0.15, -0.1) is 0 Å². The fourth-order valence-electron chi connectivity index (χ4n) is 3.09. The van der Waals surface area contributed by atoms with E-state index in [1.54, 1.807) is 13.0 Å². The molecule has 0 bridgehead atoms. The molecule has 0 aromatic heterocycles. The summed E-state index contributed by atoms with van der Waals surface area (Å²) < 4.78 is 38.3. The zero-order valence-electron chi connectivity index (χ0n) is 14.8. The van der Waals surface area contributed by atoms with Crippen molar-refractivity contribution in [3.63, 3.8) is 0 Å². The van der Waals surface area contributed by atoms with E-state index in [-0.39, 0.29) is 22.8 Å². The maximum absolute atomic E-state index is 13.4. The van der Waals surface area contributed by atoms with Crippen LogP contribution in [0.25, 0.3) is 0 Å². The van der Waals surface area contributed by atoms with E-state index in [9.17, 15) is 13.2 Å². The molecule has 0 amide bonds. The minimum Gasteiger partial charge on any atom is -0.495 e. The summed E-state index contributed by atoms with van der Waals surface area (Å²) in [7, 11) is -2.48. The van der Waals surface area contributed by atoms with E-state index in [2.05, 4.69) is 0 Å². The van der Waals surface area contributed by atoms with Crippen molar-refractivity contribution in [3.8, 4) is 5.75 Å². The summed E-state index contributed by atoms with van der Waals surface area (Å²) in [5.41, 5.74) is 1.83. The maximum atomic E-state index is 13.4. The third-order valence-electron chi connectivity index (χ3n) is 4.31. The molecule has 1 aliphatic heterocycles. The number of ether oxygens (including phenoxy) is 2. The van der Waals surface area contributed by atoms with Gasteiger partial charge in [-0.3, -0.25) is 4.31 Å². The van der Waals surface area contributed by atoms with Crippen LogP contribution in [0.1, 0.15) is 29.3 Å². The van der Waals surface area contributed by atoms with Crippen LogP contribution in [0.15, 0.2) is 47.4 Å². The molecule has 0 radical (unpaired) electrons. The van der Waals surface area contributed by atoms with Crippen LogP contribution in [0.5, 0.6) is 5.75 Å². The molecule has 6 nitrogen and oxygen atoms in total. The van der Waals surface area contributed by atoms with Crippen LogP contribution in [-0.2, 0) is 21.2 Å². The monoisotopic (exact) mass is 375 g/mol. The number of nitrogens with zero attached hydrogens (tertiary/aromatic N) is 1. The summed E-state index contributed by atoms with van der Waals surface area (Å²) >= 11 is 0. The summed E-state index contributed by atoms with van der Waals surface area (Å²) in [6, 6.07) is 11.8. The van der Waals surface area contributed by atoms with Gasteiger partial charge in [0.05, 0.1) is 25.0 Å². The number of rotatable bonds is 5. The Kier molecular flexibility index (Phi) is 5.18. The molecule has 0 unspecified atom stereocenters. The van der Waals surface area contributed by atoms with Crippen LogP contribution in [0.4, 0.5) is 5.69 Å². The molecule has 0 fully saturated rings. The number of para-hydroxylation sites is 1. The topological polar surface area (TPSA) is 72.9 Å². The molecule has 138 valence electrons. The Labute approximate surface area is 153 Å². The van der Waals surface area contributed by atoms with E-state index in [0.717, 1.165) is 18.4 Å². The van der Waals surface area contributed by atoms with Gasteiger partial charge in [0, 0.05) is 6.54 Å². The molecular weight excluding hydrogens is 354 g/mol. The Balaban J connectivity index is 2.10. The number of sulfonamides is 1. The molecule has 0 spiro atoms. The Morgan fingerprint density at radius 1 is 1.19 bits per heavy atom. The van der Waals surface area contributed by atoms with E-state index < -0.39 is 16.0 Å². The second kappa shape index (κ2) is 7.37. The van der Waals surface area contributed by atoms with Crippen molar-refractivity contribution in [2.45, 2.75) is 24.7 Å². The fraction of sp³-hybridized carbons (Fsp3) is 0.316. The zero-order chi connectivity index (χ0) is 18.7. The number of anilines is 1. The van der Waals surface area contributed by atoms with Crippen LogP contribution >= 0.6 is 0 Å². The van der Waals surface area contributed by atoms with Gasteiger partial charge in [-0.25, -0.2) is 13.2 Å². The van der Waals surface area contributed by atoms with Crippen molar-refractivity contribution in [2.75, 3.05) is 24.6 Å². The SMILES string of the molecule is CCOC(=O)c1ccc(OC)c(S(=O)(=O)N2CCCc3ccccc32)c1. The maximum Gasteiger partial charge on any atom is 0.338 e. The molecule has 26 heavy (non-hydrogen) atoms. The first-order valence-corrected chi connectivity index (χ1v) is 9.89. The number of benzene rings is 2. The zero-order valence-corrected chi connectivity index (χ0v) is 15.6. The lowest BCUT2D eigenvalue weighted by Gasteiger charge is -2.30. The molecule has 2 aromatic rings. The fourth-order valence-corrected chi connectivity index (χ4v) is 4.81. The lowest BCUT2D eigenvalue weighted by Crippen LogP contribution is -2.35. The normalized spacial score (nSPS) is 13.8. The van der Waals surface area contributed by atoms with Gasteiger partial charge in [0.25, 0.3) is 10.0 Å². The van der Waals surface area contributed by atoms with E-state index in [4.69, 9.17) is 9.47 Å². The van der Waals surface area contributed by atoms with Crippen LogP contribution in [0.2, 0.25) is 0 Å². The van der Waals surface area contributed by atoms with Crippen molar-refractivity contribution in [1.82, 2.24) is 0 Å². The number of hydrogen-bond acceptors (Lipinski definition) is 5. The highest BCUT2D eigenvalue weighted by Crippen LogP contribution is 2.35. The van der Waals surface area contributed by atoms with E-state index in [1.165, 1.54) is 29.6 Å². The smallest absolute Gasteiger partial charge is 0.338 e. The molecule has 7 heteroatoms. The summed E-state index contributed by atoms with van der Waals surface area (Å²) in [6.45, 7) is 2.29. The first kappa shape index (κ1) is 18.3. The molecule has 3 rings (SSSR count). The van der Waals surface area contributed by atoms with Crippen molar-refractivity contribution < 1.29 is 22.7 Å². The van der Waals surface area contributed by atoms with Crippen LogP contribution in [0, 0.1) is 0 Å². The van der Waals surface area contributed by atoms with Gasteiger partial charge in [0.2, 0.25) is 0 Å². The van der Waals surface area contributed by atoms with Gasteiger partial charge in [0.15, 0.2) is 0 Å². The molecule has 2 aromatic carbocycles. The van der Waals surface area contributed by atoms with Crippen molar-refractivity contribution in [1.29, 1.82) is 0 Å². The highest BCUT2D eigenvalue weighted by Gasteiger charge is 2.32. The Morgan fingerprint density at radius 3 is 2.69 bits per heavy atom. The van der Waals surface area contributed by atoms with Gasteiger partial charge >= 0.3 is 5.97 Å². The Bertz CT molecular complexity index is 923. The molecule has 0 saturated heterocycles. The first-order valence-electron chi connectivity index (χ1n) is 8.45. The minimum atomic E-state index is -3.89. The Hall–Kier alpha value is -2.54. The quantitative estimate of drug-likeness (QED) is 0.751. The van der Waals surface area contributed by atoms with Crippen molar-refractivity contribution in [3.05, 3.63) is 53.6 Å². The molecule has 0 atom stereocenters. The van der Waals surface area contributed by atoms with Gasteiger partial charge < -0.3 is 9.47 Å². The number of methoxy groups -OCH3 is 1. The van der Waals surface area contributed by atoms with Crippen molar-refractivity contribution >= 4 is 21.7 Å². The molecule has 0 saturated carbocycles. The average Bonchev–Trinajstić information content (AvgIpc) is 2.67. The molecular formula is C19H21NO5S. The third kappa shape index (κ3) is 3.26. The number of carbonyl (C=O) groups excluding carboxylic acids is 1. The van der Waals surface area contributed by atoms with Gasteiger partial charge in [-0.1, -0.05) is 18.2 Å². The standard InChI is InChI=1S/C19H21NO5S/c1-3-25-19(21)15-10-11-17(24-2)18(13-15)26(22,23)20-12-6-8-14-7-4-5-9-16(14)20/h4-5,7,9-11,13H,3,6,8,12H2,1-2H3. The van der Waals surface area contributed by atoms with Gasteiger partial charge in [0.1, 0.15) is 10.6 Å². The average molecular weight is 375 g/mol. The lowest BCUT2D eigenvalue weighted by atomic mass is 10.0. The number of fused-ring (bicyclic) bond motifs is 1. The summed E-state index contributed by atoms with van der Waals surface area (Å²) in [6.07, 6.45) is 1.57. The number of aryl methyl sites for hydroxylation is 1. The van der Waals surface area contributed by atoms with E-state index >= 15 is 0 Å². The van der Waals surface area contributed by atoms with Crippen LogP contribution < -0.4 is 9.04 Å². The number of carbonyl (C=O) groups is 1. The minimum absolute atomic E-state index is 0.0396. The summed E-state index contributed by atoms with van der Waals surface area (Å²) in [5, 5.41) is 0. The predicted octanol–water partition coefficient (Wildman–Crippen LogP) is 3.01. The summed E-state index contributed by atoms with van der Waals surface area (Å²) in [5.74, 6) is -0.369. The summed E-state index contributed by atoms with van der Waals surface area (Å²) in [4.78, 5) is 12.0. The molecule has 1 heterocycles. The van der Waals surface area contributed by atoms with E-state index in [1.807, 2.05) is 18.2 Å². The van der Waals surface area contributed by atoms with Crippen LogP contribution in [-0.4, -0.2) is 34.6 Å². The second-order valence-electron chi connectivity index (χ2n) is 5.90. The second-order valence-corrected chi connectivity index (χ2v) is 7.73. The highest BCUT2D eigenvalue weighted by atomic mass is 32.2. The third-order valence-corrected chi connectivity index (χ3v) is 6.14. The van der Waals surface area contributed by atoms with E-state index in [0.29, 0.717) is 12.2 Å². The van der Waals surface area contributed by atoms with Gasteiger partial charge in [-0.05, 0) is 49.6 Å². The first-order chi connectivity index (χ1) is 12.5. The highest BCUT2D eigenvalue weighted by molar-refractivity contribution is 7.93. The lowest BCUT2D eigenvalue weighted by molar-refractivity contribution is 0.0526. The molecule has 0 aliphatic carbocycles. The molecule has 1 aliphatic rings. The Morgan fingerprint density at radius 2 is 1.96 bits per heavy atom. The number of hydrogen-bond donors (Lipinski definition) is 0. The largest absolute Gasteiger partial charge is 0.495 e. The van der Waals surface area contributed by atoms with Crippen LogP contribution in [0.3, 0.4) is 0 Å². The van der Waals surface area contributed by atoms with Crippen molar-refractivity contribution in [2.24, 2.45) is 0 Å². The molecule has 0 N–H and O–H groups in total. The predicted molar refractivity (Wildman–Crippen MR) is 98.2 cm³/mol. The number of esters is 1. The van der Waals surface area contributed by atoms with Gasteiger partial charge in [-0.2, -0.15) is 0 Å².